The topological polar surface area (TPSA) is 18.5 Å². The lowest BCUT2D eigenvalue weighted by molar-refractivity contribution is 0.173. The van der Waals surface area contributed by atoms with Gasteiger partial charge in [0.25, 0.3) is 0 Å². The maximum absolute atomic E-state index is 5.27. The number of benzene rings is 1. The van der Waals surface area contributed by atoms with Gasteiger partial charge in [-0.05, 0) is 29.8 Å². The predicted octanol–water partition coefficient (Wildman–Crippen LogP) is 1.59. The third-order valence-corrected chi connectivity index (χ3v) is 1.95. The minimum atomic E-state index is 0.347. The number of fused-ring (bicyclic) bond motifs is 3. The van der Waals surface area contributed by atoms with Gasteiger partial charge in [0, 0.05) is 5.56 Å². The molecule has 2 nitrogen and oxygen atoms in total. The van der Waals surface area contributed by atoms with Gasteiger partial charge in [-0.15, -0.1) is 0 Å². The molecule has 2 aliphatic rings. The highest BCUT2D eigenvalue weighted by Gasteiger charge is 2.21. The number of hydrogen-bond acceptors (Lipinski definition) is 2. The molecule has 2 heteroatoms. The molecule has 0 fully saturated rings. The van der Waals surface area contributed by atoms with Gasteiger partial charge in [-0.3, -0.25) is 0 Å². The van der Waals surface area contributed by atoms with Crippen molar-refractivity contribution in [3.05, 3.63) is 29.3 Å². The molecule has 1 aromatic carbocycles. The van der Waals surface area contributed by atoms with Crippen LogP contribution in [0.15, 0.2) is 12.1 Å². The van der Waals surface area contributed by atoms with Gasteiger partial charge in [-0.2, -0.15) is 0 Å². The van der Waals surface area contributed by atoms with Gasteiger partial charge >= 0.3 is 0 Å². The molecule has 0 spiro atoms. The van der Waals surface area contributed by atoms with E-state index in [4.69, 9.17) is 9.47 Å². The van der Waals surface area contributed by atoms with Gasteiger partial charge in [0.05, 0.1) is 0 Å². The predicted molar refractivity (Wildman–Crippen MR) is 39.4 cm³/mol. The van der Waals surface area contributed by atoms with Crippen molar-refractivity contribution < 1.29 is 9.47 Å². The van der Waals surface area contributed by atoms with E-state index in [1.54, 1.807) is 0 Å². The maximum Gasteiger partial charge on any atom is 0.231 e. The van der Waals surface area contributed by atoms with Gasteiger partial charge in [0.2, 0.25) is 6.79 Å². The molecule has 0 atom stereocenters. The Labute approximate surface area is 64.1 Å². The summed E-state index contributed by atoms with van der Waals surface area (Å²) in [6.07, 6.45) is 4.98. The summed E-state index contributed by atoms with van der Waals surface area (Å²) in [5.41, 5.74) is 2.24. The Morgan fingerprint density at radius 2 is 2.27 bits per heavy atom. The van der Waals surface area contributed by atoms with Crippen LogP contribution in [-0.2, 0) is 0 Å². The van der Waals surface area contributed by atoms with E-state index in [9.17, 15) is 0 Å². The summed E-state index contributed by atoms with van der Waals surface area (Å²) >= 11 is 0. The van der Waals surface area contributed by atoms with E-state index >= 15 is 0 Å². The van der Waals surface area contributed by atoms with E-state index in [0.29, 0.717) is 6.79 Å². The molecule has 1 radical (unpaired) electrons. The average molecular weight is 145 g/mol. The van der Waals surface area contributed by atoms with E-state index in [1.807, 2.05) is 18.2 Å². The molecule has 53 valence electrons. The number of ether oxygens (including phenoxy) is 2. The van der Waals surface area contributed by atoms with Crippen LogP contribution in [0.3, 0.4) is 0 Å². The van der Waals surface area contributed by atoms with Gasteiger partial charge in [-0.25, -0.2) is 0 Å². The highest BCUT2D eigenvalue weighted by Crippen LogP contribution is 2.41. The fraction of sp³-hybridized carbons (Fsp3) is 0.111. The lowest BCUT2D eigenvalue weighted by Crippen LogP contribution is -1.95. The Kier molecular flexibility index (Phi) is 0.756. The van der Waals surface area contributed by atoms with Crippen LogP contribution >= 0.6 is 0 Å². The molecule has 0 saturated carbocycles. The van der Waals surface area contributed by atoms with E-state index in [2.05, 4.69) is 6.08 Å². The largest absolute Gasteiger partial charge is 0.454 e. The zero-order valence-electron chi connectivity index (χ0n) is 5.76. The summed E-state index contributed by atoms with van der Waals surface area (Å²) in [5, 5.41) is 0. The van der Waals surface area contributed by atoms with Crippen molar-refractivity contribution in [2.75, 3.05) is 6.79 Å². The average Bonchev–Trinajstić information content (AvgIpc) is 2.34. The lowest BCUT2D eigenvalue weighted by atomic mass is 9.96. The van der Waals surface area contributed by atoms with Crippen LogP contribution in [0.25, 0.3) is 6.08 Å². The smallest absolute Gasteiger partial charge is 0.231 e. The van der Waals surface area contributed by atoms with E-state index in [0.717, 1.165) is 22.6 Å². The molecule has 1 aromatic rings. The highest BCUT2D eigenvalue weighted by molar-refractivity contribution is 5.75. The van der Waals surface area contributed by atoms with Gasteiger partial charge < -0.3 is 9.47 Å². The molecular formula is C9H5O2. The summed E-state index contributed by atoms with van der Waals surface area (Å²) in [6, 6.07) is 3.91. The van der Waals surface area contributed by atoms with Crippen molar-refractivity contribution in [2.45, 2.75) is 0 Å². The van der Waals surface area contributed by atoms with Crippen LogP contribution in [0, 0.1) is 6.08 Å². The minimum absolute atomic E-state index is 0.347. The van der Waals surface area contributed by atoms with Crippen molar-refractivity contribution >= 4 is 6.08 Å². The molecule has 0 bridgehead atoms. The van der Waals surface area contributed by atoms with Crippen molar-refractivity contribution in [3.63, 3.8) is 0 Å². The highest BCUT2D eigenvalue weighted by atomic mass is 16.7. The van der Waals surface area contributed by atoms with E-state index in [-0.39, 0.29) is 0 Å². The van der Waals surface area contributed by atoms with Crippen LogP contribution < -0.4 is 9.47 Å². The zero-order chi connectivity index (χ0) is 7.26. The fourth-order valence-corrected chi connectivity index (χ4v) is 1.34. The molecule has 0 saturated heterocycles. The normalized spacial score (nSPS) is 16.0. The molecule has 1 aliphatic heterocycles. The maximum atomic E-state index is 5.27. The molecule has 1 heterocycles. The van der Waals surface area contributed by atoms with Crippen LogP contribution in [-0.4, -0.2) is 6.79 Å². The molecule has 1 aliphatic carbocycles. The van der Waals surface area contributed by atoms with Gasteiger partial charge in [-0.1, -0.05) is 0 Å². The fourth-order valence-electron chi connectivity index (χ4n) is 1.34. The second-order valence-electron chi connectivity index (χ2n) is 2.55. The second kappa shape index (κ2) is 1.59. The first-order chi connectivity index (χ1) is 5.45. The van der Waals surface area contributed by atoms with E-state index in [1.165, 1.54) is 0 Å². The van der Waals surface area contributed by atoms with Gasteiger partial charge in [0.1, 0.15) is 0 Å². The Bertz CT molecular complexity index is 353. The summed E-state index contributed by atoms with van der Waals surface area (Å²) in [5.74, 6) is 1.72. The summed E-state index contributed by atoms with van der Waals surface area (Å²) in [4.78, 5) is 0. The zero-order valence-corrected chi connectivity index (χ0v) is 5.76. The van der Waals surface area contributed by atoms with Crippen LogP contribution in [0.2, 0.25) is 0 Å². The summed E-state index contributed by atoms with van der Waals surface area (Å²) < 4.78 is 10.5. The molecule has 0 aromatic heterocycles. The van der Waals surface area contributed by atoms with Crippen LogP contribution in [0.1, 0.15) is 11.1 Å². The minimum Gasteiger partial charge on any atom is -0.454 e. The van der Waals surface area contributed by atoms with Crippen molar-refractivity contribution in [1.82, 2.24) is 0 Å². The number of rotatable bonds is 0. The quantitative estimate of drug-likeness (QED) is 0.560. The Morgan fingerprint density at radius 1 is 1.27 bits per heavy atom. The van der Waals surface area contributed by atoms with Crippen LogP contribution in [0.5, 0.6) is 11.5 Å². The Balaban J connectivity index is 2.31. The second-order valence-corrected chi connectivity index (χ2v) is 2.55. The van der Waals surface area contributed by atoms with Crippen molar-refractivity contribution in [1.29, 1.82) is 0 Å². The molecule has 0 unspecified atom stereocenters. The summed E-state index contributed by atoms with van der Waals surface area (Å²) in [6.45, 7) is 0.347. The first-order valence-electron chi connectivity index (χ1n) is 3.47. The number of hydrogen-bond donors (Lipinski definition) is 0. The Morgan fingerprint density at radius 3 is 3.09 bits per heavy atom. The molecule has 0 N–H and O–H groups in total. The third kappa shape index (κ3) is 0.522. The summed E-state index contributed by atoms with van der Waals surface area (Å²) in [7, 11) is 0. The molecule has 0 amide bonds. The SMILES string of the molecule is [C]1=Cc2c1ccc1c2OCO1. The van der Waals surface area contributed by atoms with Crippen molar-refractivity contribution in [2.24, 2.45) is 0 Å². The monoisotopic (exact) mass is 145 g/mol. The Hall–Kier alpha value is -1.44. The first kappa shape index (κ1) is 5.24. The third-order valence-electron chi connectivity index (χ3n) is 1.95. The molecule has 11 heavy (non-hydrogen) atoms. The lowest BCUT2D eigenvalue weighted by Gasteiger charge is -2.10. The van der Waals surface area contributed by atoms with E-state index < -0.39 is 0 Å². The van der Waals surface area contributed by atoms with Gasteiger partial charge in [0.15, 0.2) is 11.5 Å². The molecular weight excluding hydrogens is 140 g/mol. The first-order valence-corrected chi connectivity index (χ1v) is 3.47. The molecule has 3 rings (SSSR count). The van der Waals surface area contributed by atoms with Crippen molar-refractivity contribution in [3.8, 4) is 11.5 Å². The standard InChI is InChI=1S/C9H5O2/c1-3-7-6(1)2-4-8-9(7)11-5-10-8/h2-4H,5H2. The van der Waals surface area contributed by atoms with Crippen LogP contribution in [0.4, 0.5) is 0 Å².